The third-order valence-electron chi connectivity index (χ3n) is 4.02. The van der Waals surface area contributed by atoms with Gasteiger partial charge in [0.05, 0.1) is 23.5 Å². The first-order valence-corrected chi connectivity index (χ1v) is 9.69. The Morgan fingerprint density at radius 3 is 2.86 bits per heavy atom. The van der Waals surface area contributed by atoms with Crippen LogP contribution in [0.25, 0.3) is 0 Å². The number of rotatable bonds is 6. The van der Waals surface area contributed by atoms with Gasteiger partial charge >= 0.3 is 0 Å². The molecule has 0 saturated heterocycles. The first-order valence-electron chi connectivity index (χ1n) is 8.81. The Morgan fingerprint density at radius 1 is 1.32 bits per heavy atom. The number of amides is 1. The summed E-state index contributed by atoms with van der Waals surface area (Å²) < 4.78 is 5.12. The topological polar surface area (TPSA) is 82.8 Å². The summed E-state index contributed by atoms with van der Waals surface area (Å²) in [6, 6.07) is 11.0. The van der Waals surface area contributed by atoms with Crippen molar-refractivity contribution in [3.8, 4) is 0 Å². The van der Waals surface area contributed by atoms with Gasteiger partial charge in [-0.15, -0.1) is 11.3 Å². The largest absolute Gasteiger partial charge is 0.459 e. The molecular weight excluding hydrogens is 374 g/mol. The molecule has 0 atom stereocenters. The molecule has 0 radical (unpaired) electrons. The van der Waals surface area contributed by atoms with Gasteiger partial charge in [-0.3, -0.25) is 9.79 Å². The van der Waals surface area contributed by atoms with Gasteiger partial charge in [-0.05, 0) is 36.8 Å². The van der Waals surface area contributed by atoms with Gasteiger partial charge in [-0.2, -0.15) is 0 Å². The normalized spacial score (nSPS) is 11.3. The van der Waals surface area contributed by atoms with E-state index in [-0.39, 0.29) is 11.7 Å². The Balaban J connectivity index is 1.57. The van der Waals surface area contributed by atoms with Gasteiger partial charge in [-0.1, -0.05) is 12.1 Å². The van der Waals surface area contributed by atoms with Crippen LogP contribution in [-0.4, -0.2) is 35.8 Å². The maximum absolute atomic E-state index is 12.1. The molecule has 2 heterocycles. The average Bonchev–Trinajstić information content (AvgIpc) is 3.34. The fourth-order valence-corrected chi connectivity index (χ4v) is 3.33. The number of hydrogen-bond acceptors (Lipinski definition) is 5. The van der Waals surface area contributed by atoms with Crippen LogP contribution in [0.4, 0.5) is 5.69 Å². The zero-order valence-electron chi connectivity index (χ0n) is 16.1. The highest BCUT2D eigenvalue weighted by Crippen LogP contribution is 2.13. The van der Waals surface area contributed by atoms with Gasteiger partial charge in [0, 0.05) is 31.7 Å². The van der Waals surface area contributed by atoms with Crippen LogP contribution in [0.15, 0.2) is 57.5 Å². The monoisotopic (exact) mass is 397 g/mol. The van der Waals surface area contributed by atoms with Crippen molar-refractivity contribution in [2.75, 3.05) is 19.4 Å². The Kier molecular flexibility index (Phi) is 6.44. The predicted molar refractivity (Wildman–Crippen MR) is 112 cm³/mol. The van der Waals surface area contributed by atoms with Crippen LogP contribution in [-0.2, 0) is 13.1 Å². The van der Waals surface area contributed by atoms with Crippen LogP contribution in [0.5, 0.6) is 0 Å². The second-order valence-corrected chi connectivity index (χ2v) is 7.31. The number of benzene rings is 1. The molecule has 2 N–H and O–H groups in total. The van der Waals surface area contributed by atoms with E-state index in [0.717, 1.165) is 22.2 Å². The molecule has 0 aliphatic heterocycles. The molecule has 2 aromatic heterocycles. The quantitative estimate of drug-likeness (QED) is 0.491. The zero-order chi connectivity index (χ0) is 19.9. The number of aromatic nitrogens is 1. The molecular formula is C20H23N5O2S. The van der Waals surface area contributed by atoms with Crippen molar-refractivity contribution < 1.29 is 9.21 Å². The van der Waals surface area contributed by atoms with Gasteiger partial charge in [0.1, 0.15) is 0 Å². The second kappa shape index (κ2) is 9.18. The summed E-state index contributed by atoms with van der Waals surface area (Å²) in [5, 5.41) is 9.29. The highest BCUT2D eigenvalue weighted by Gasteiger charge is 2.10. The lowest BCUT2D eigenvalue weighted by Gasteiger charge is -2.21. The van der Waals surface area contributed by atoms with Gasteiger partial charge in [0.15, 0.2) is 11.7 Å². The van der Waals surface area contributed by atoms with E-state index in [1.165, 1.54) is 6.26 Å². The SMILES string of the molecule is CN=C(NCc1cccc(NC(=O)c2ccco2)c1)N(C)Cc1csc(C)n1. The smallest absolute Gasteiger partial charge is 0.291 e. The number of carbonyl (C=O) groups excluding carboxylic acids is 1. The van der Waals surface area contributed by atoms with Crippen molar-refractivity contribution in [1.82, 2.24) is 15.2 Å². The van der Waals surface area contributed by atoms with Gasteiger partial charge in [0.25, 0.3) is 5.91 Å². The molecule has 3 aromatic rings. The highest BCUT2D eigenvalue weighted by molar-refractivity contribution is 7.09. The van der Waals surface area contributed by atoms with E-state index in [0.29, 0.717) is 18.8 Å². The number of anilines is 1. The van der Waals surface area contributed by atoms with E-state index in [1.807, 2.05) is 43.1 Å². The lowest BCUT2D eigenvalue weighted by atomic mass is 10.2. The number of furan rings is 1. The van der Waals surface area contributed by atoms with Crippen LogP contribution < -0.4 is 10.6 Å². The highest BCUT2D eigenvalue weighted by atomic mass is 32.1. The standard InChI is InChI=1S/C20H23N5O2S/c1-14-23-17(13-28-14)12-25(3)20(21-2)22-11-15-6-4-7-16(10-15)24-19(26)18-8-5-9-27-18/h4-10,13H,11-12H2,1-3H3,(H,21,22)(H,24,26). The summed E-state index contributed by atoms with van der Waals surface area (Å²) in [6.07, 6.45) is 1.48. The van der Waals surface area contributed by atoms with Crippen LogP contribution in [0.3, 0.4) is 0 Å². The molecule has 0 fully saturated rings. The number of aliphatic imine (C=N–C) groups is 1. The third-order valence-corrected chi connectivity index (χ3v) is 4.84. The van der Waals surface area contributed by atoms with E-state index in [9.17, 15) is 4.79 Å². The van der Waals surface area contributed by atoms with Crippen molar-refractivity contribution in [1.29, 1.82) is 0 Å². The number of guanidine groups is 1. The molecule has 0 saturated carbocycles. The van der Waals surface area contributed by atoms with Crippen molar-refractivity contribution in [2.24, 2.45) is 4.99 Å². The number of hydrogen-bond donors (Lipinski definition) is 2. The van der Waals surface area contributed by atoms with Crippen LogP contribution in [0.2, 0.25) is 0 Å². The molecule has 1 amide bonds. The van der Waals surface area contributed by atoms with Crippen molar-refractivity contribution in [3.63, 3.8) is 0 Å². The van der Waals surface area contributed by atoms with E-state index in [2.05, 4.69) is 26.0 Å². The van der Waals surface area contributed by atoms with E-state index in [4.69, 9.17) is 4.42 Å². The third kappa shape index (κ3) is 5.20. The van der Waals surface area contributed by atoms with E-state index in [1.54, 1.807) is 30.5 Å². The molecule has 28 heavy (non-hydrogen) atoms. The number of nitrogens with zero attached hydrogens (tertiary/aromatic N) is 3. The summed E-state index contributed by atoms with van der Waals surface area (Å²) in [5.41, 5.74) is 2.76. The summed E-state index contributed by atoms with van der Waals surface area (Å²) in [6.45, 7) is 3.26. The minimum absolute atomic E-state index is 0.274. The Hall–Kier alpha value is -3.13. The van der Waals surface area contributed by atoms with Crippen LogP contribution in [0, 0.1) is 6.92 Å². The maximum atomic E-state index is 12.1. The van der Waals surface area contributed by atoms with Crippen molar-refractivity contribution in [3.05, 3.63) is 70.1 Å². The first kappa shape index (κ1) is 19.6. The zero-order valence-corrected chi connectivity index (χ0v) is 16.9. The van der Waals surface area contributed by atoms with Gasteiger partial charge in [0.2, 0.25) is 0 Å². The number of nitrogens with one attached hydrogen (secondary N) is 2. The summed E-state index contributed by atoms with van der Waals surface area (Å²) in [4.78, 5) is 23.0. The second-order valence-electron chi connectivity index (χ2n) is 6.25. The summed E-state index contributed by atoms with van der Waals surface area (Å²) in [7, 11) is 3.73. The molecule has 1 aromatic carbocycles. The van der Waals surface area contributed by atoms with E-state index >= 15 is 0 Å². The van der Waals surface area contributed by atoms with Gasteiger partial charge in [-0.25, -0.2) is 4.98 Å². The number of carbonyl (C=O) groups is 1. The summed E-state index contributed by atoms with van der Waals surface area (Å²) >= 11 is 1.64. The minimum atomic E-state index is -0.274. The predicted octanol–water partition coefficient (Wildman–Crippen LogP) is 3.50. The molecule has 0 aliphatic rings. The average molecular weight is 398 g/mol. The van der Waals surface area contributed by atoms with E-state index < -0.39 is 0 Å². The van der Waals surface area contributed by atoms with Crippen molar-refractivity contribution >= 4 is 28.9 Å². The Morgan fingerprint density at radius 2 is 2.18 bits per heavy atom. The fraction of sp³-hybridized carbons (Fsp3) is 0.250. The molecule has 3 rings (SSSR count). The first-order chi connectivity index (χ1) is 13.5. The Bertz CT molecular complexity index is 949. The molecule has 0 unspecified atom stereocenters. The van der Waals surface area contributed by atoms with Crippen LogP contribution >= 0.6 is 11.3 Å². The fourth-order valence-electron chi connectivity index (χ4n) is 2.72. The lowest BCUT2D eigenvalue weighted by molar-refractivity contribution is 0.0996. The molecule has 8 heteroatoms. The molecule has 0 aliphatic carbocycles. The molecule has 146 valence electrons. The molecule has 0 spiro atoms. The minimum Gasteiger partial charge on any atom is -0.459 e. The molecule has 0 bridgehead atoms. The maximum Gasteiger partial charge on any atom is 0.291 e. The van der Waals surface area contributed by atoms with Crippen LogP contribution in [0.1, 0.15) is 26.8 Å². The number of aryl methyl sites for hydroxylation is 1. The van der Waals surface area contributed by atoms with Crippen molar-refractivity contribution in [2.45, 2.75) is 20.0 Å². The lowest BCUT2D eigenvalue weighted by Crippen LogP contribution is -2.38. The Labute approximate surface area is 168 Å². The summed E-state index contributed by atoms with van der Waals surface area (Å²) in [5.74, 6) is 0.780. The number of thiazole rings is 1. The van der Waals surface area contributed by atoms with Gasteiger partial charge < -0.3 is 20.0 Å². The molecule has 7 nitrogen and oxygen atoms in total.